The molecule has 7 nitrogen and oxygen atoms in total. The van der Waals surface area contributed by atoms with Crippen molar-refractivity contribution in [3.63, 3.8) is 0 Å². The average Bonchev–Trinajstić information content (AvgIpc) is 2.53. The monoisotopic (exact) mass is 307 g/mol. The molecule has 0 amide bonds. The second kappa shape index (κ2) is 7.92. The lowest BCUT2D eigenvalue weighted by Crippen LogP contribution is -2.32. The van der Waals surface area contributed by atoms with Gasteiger partial charge in [-0.25, -0.2) is 0 Å². The van der Waals surface area contributed by atoms with Crippen molar-refractivity contribution in [2.45, 2.75) is 12.3 Å². The molecule has 0 N–H and O–H groups in total. The Labute approximate surface area is 127 Å². The fourth-order valence-corrected chi connectivity index (χ4v) is 2.17. The van der Waals surface area contributed by atoms with Crippen LogP contribution in [0.1, 0.15) is 17.9 Å². The molecule has 1 aromatic carbocycles. The van der Waals surface area contributed by atoms with Crippen LogP contribution >= 0.6 is 0 Å². The van der Waals surface area contributed by atoms with Crippen LogP contribution in [0.2, 0.25) is 0 Å². The fraction of sp³-hybridized carbons (Fsp3) is 0.333. The fourth-order valence-electron chi connectivity index (χ4n) is 2.17. The first-order chi connectivity index (χ1) is 10.5. The summed E-state index contributed by atoms with van der Waals surface area (Å²) in [6.07, 6.45) is 1.87. The molecule has 0 spiro atoms. The first-order valence-electron chi connectivity index (χ1n) is 6.47. The van der Waals surface area contributed by atoms with Crippen LogP contribution in [0, 0.1) is 16.0 Å². The number of nitrogens with zero attached hydrogens (tertiary/aromatic N) is 1. The van der Waals surface area contributed by atoms with Gasteiger partial charge in [-0.05, 0) is 12.0 Å². The maximum atomic E-state index is 11.9. The summed E-state index contributed by atoms with van der Waals surface area (Å²) in [7, 11) is 2.36. The summed E-state index contributed by atoms with van der Waals surface area (Å²) in [5.41, 5.74) is 0.514. The van der Waals surface area contributed by atoms with Crippen molar-refractivity contribution in [1.82, 2.24) is 0 Å². The molecule has 0 aliphatic carbocycles. The van der Waals surface area contributed by atoms with E-state index in [0.29, 0.717) is 12.0 Å². The second-order valence-electron chi connectivity index (χ2n) is 4.50. The Bertz CT molecular complexity index is 550. The molecule has 0 saturated heterocycles. The van der Waals surface area contributed by atoms with E-state index in [4.69, 9.17) is 0 Å². The molecule has 0 heterocycles. The minimum atomic E-state index is -1.16. The molecule has 0 aliphatic rings. The Morgan fingerprint density at radius 2 is 1.73 bits per heavy atom. The van der Waals surface area contributed by atoms with Crippen molar-refractivity contribution in [3.8, 4) is 0 Å². The maximum absolute atomic E-state index is 11.9. The summed E-state index contributed by atoms with van der Waals surface area (Å²) in [6.45, 7) is 3.61. The number of rotatable bonds is 7. The van der Waals surface area contributed by atoms with Crippen LogP contribution in [-0.2, 0) is 19.1 Å². The van der Waals surface area contributed by atoms with E-state index in [1.165, 1.54) is 38.5 Å². The van der Waals surface area contributed by atoms with Gasteiger partial charge < -0.3 is 9.47 Å². The molecule has 0 bridgehead atoms. The van der Waals surface area contributed by atoms with Crippen LogP contribution in [0.5, 0.6) is 0 Å². The predicted octanol–water partition coefficient (Wildman–Crippen LogP) is 2.22. The first-order valence-corrected chi connectivity index (χ1v) is 6.47. The Morgan fingerprint density at radius 3 is 2.09 bits per heavy atom. The topological polar surface area (TPSA) is 95.7 Å². The molecule has 1 unspecified atom stereocenters. The third kappa shape index (κ3) is 3.91. The van der Waals surface area contributed by atoms with Crippen LogP contribution < -0.4 is 0 Å². The van der Waals surface area contributed by atoms with Crippen molar-refractivity contribution in [2.24, 2.45) is 5.92 Å². The summed E-state index contributed by atoms with van der Waals surface area (Å²) >= 11 is 0. The van der Waals surface area contributed by atoms with Crippen molar-refractivity contribution in [3.05, 3.63) is 52.6 Å². The highest BCUT2D eigenvalue weighted by Crippen LogP contribution is 2.31. The number of methoxy groups -OCH3 is 2. The molecule has 0 fully saturated rings. The van der Waals surface area contributed by atoms with Gasteiger partial charge in [0.05, 0.1) is 19.1 Å². The summed E-state index contributed by atoms with van der Waals surface area (Å²) in [4.78, 5) is 34.0. The molecular weight excluding hydrogens is 290 g/mol. The largest absolute Gasteiger partial charge is 0.468 e. The zero-order chi connectivity index (χ0) is 16.7. The summed E-state index contributed by atoms with van der Waals surface area (Å²) in [5.74, 6) is -3.18. The van der Waals surface area contributed by atoms with Gasteiger partial charge in [-0.2, -0.15) is 0 Å². The van der Waals surface area contributed by atoms with Gasteiger partial charge in [0, 0.05) is 18.1 Å². The zero-order valence-electron chi connectivity index (χ0n) is 12.4. The molecule has 0 aromatic heterocycles. The van der Waals surface area contributed by atoms with Gasteiger partial charge in [-0.15, -0.1) is 6.58 Å². The molecule has 1 rings (SSSR count). The normalized spacial score (nSPS) is 11.6. The van der Waals surface area contributed by atoms with Crippen LogP contribution in [0.3, 0.4) is 0 Å². The van der Waals surface area contributed by atoms with E-state index in [1.54, 1.807) is 6.08 Å². The highest BCUT2D eigenvalue weighted by atomic mass is 16.6. The van der Waals surface area contributed by atoms with Crippen LogP contribution in [0.25, 0.3) is 0 Å². The third-order valence-corrected chi connectivity index (χ3v) is 3.27. The van der Waals surface area contributed by atoms with Crippen LogP contribution in [0.4, 0.5) is 5.69 Å². The lowest BCUT2D eigenvalue weighted by atomic mass is 9.83. The van der Waals surface area contributed by atoms with Crippen LogP contribution in [-0.4, -0.2) is 31.1 Å². The molecule has 118 valence electrons. The van der Waals surface area contributed by atoms with E-state index in [2.05, 4.69) is 16.1 Å². The van der Waals surface area contributed by atoms with Gasteiger partial charge in [-0.3, -0.25) is 19.7 Å². The molecule has 0 radical (unpaired) electrons. The van der Waals surface area contributed by atoms with E-state index >= 15 is 0 Å². The van der Waals surface area contributed by atoms with Gasteiger partial charge >= 0.3 is 11.9 Å². The van der Waals surface area contributed by atoms with Gasteiger partial charge in [0.1, 0.15) is 0 Å². The van der Waals surface area contributed by atoms with Gasteiger partial charge in [0.2, 0.25) is 0 Å². The molecule has 1 aromatic rings. The van der Waals surface area contributed by atoms with E-state index in [9.17, 15) is 19.7 Å². The maximum Gasteiger partial charge on any atom is 0.320 e. The zero-order valence-corrected chi connectivity index (χ0v) is 12.4. The van der Waals surface area contributed by atoms with E-state index in [1.807, 2.05) is 0 Å². The van der Waals surface area contributed by atoms with E-state index < -0.39 is 28.7 Å². The molecular formula is C15H17NO6. The lowest BCUT2D eigenvalue weighted by Gasteiger charge is -2.22. The number of ether oxygens (including phenoxy) is 2. The Kier molecular flexibility index (Phi) is 6.25. The molecule has 7 heteroatoms. The van der Waals surface area contributed by atoms with Gasteiger partial charge in [0.15, 0.2) is 5.92 Å². The summed E-state index contributed by atoms with van der Waals surface area (Å²) < 4.78 is 9.33. The summed E-state index contributed by atoms with van der Waals surface area (Å²) in [6, 6.07) is 5.64. The number of non-ortho nitro benzene ring substituents is 1. The van der Waals surface area contributed by atoms with Crippen molar-refractivity contribution < 1.29 is 24.0 Å². The SMILES string of the molecule is C=CCC(c1ccc([N+](=O)[O-])cc1)C(C(=O)OC)C(=O)OC. The number of hydrogen-bond acceptors (Lipinski definition) is 6. The minimum absolute atomic E-state index is 0.0752. The summed E-state index contributed by atoms with van der Waals surface area (Å²) in [5, 5.41) is 10.7. The smallest absolute Gasteiger partial charge is 0.320 e. The average molecular weight is 307 g/mol. The predicted molar refractivity (Wildman–Crippen MR) is 78.2 cm³/mol. The molecule has 1 atom stereocenters. The number of benzene rings is 1. The minimum Gasteiger partial charge on any atom is -0.468 e. The van der Waals surface area contributed by atoms with Crippen molar-refractivity contribution in [2.75, 3.05) is 14.2 Å². The Balaban J connectivity index is 3.23. The second-order valence-corrected chi connectivity index (χ2v) is 4.50. The van der Waals surface area contributed by atoms with Gasteiger partial charge in [-0.1, -0.05) is 18.2 Å². The van der Waals surface area contributed by atoms with Crippen molar-refractivity contribution >= 4 is 17.6 Å². The quantitative estimate of drug-likeness (QED) is 0.252. The number of hydrogen-bond donors (Lipinski definition) is 0. The Hall–Kier alpha value is -2.70. The molecule has 0 saturated carbocycles. The highest BCUT2D eigenvalue weighted by Gasteiger charge is 2.37. The number of carbonyl (C=O) groups is 2. The van der Waals surface area contributed by atoms with E-state index in [-0.39, 0.29) is 5.69 Å². The highest BCUT2D eigenvalue weighted by molar-refractivity contribution is 5.96. The number of nitro benzene ring substituents is 1. The third-order valence-electron chi connectivity index (χ3n) is 3.27. The van der Waals surface area contributed by atoms with Crippen molar-refractivity contribution in [1.29, 1.82) is 0 Å². The Morgan fingerprint density at radius 1 is 1.23 bits per heavy atom. The number of carbonyl (C=O) groups excluding carboxylic acids is 2. The standard InChI is InChI=1S/C15H17NO6/c1-4-5-12(13(14(17)21-2)15(18)22-3)10-6-8-11(9-7-10)16(19)20/h4,6-9,12-13H,1,5H2,2-3H3. The number of esters is 2. The molecule has 22 heavy (non-hydrogen) atoms. The first kappa shape index (κ1) is 17.4. The van der Waals surface area contributed by atoms with Gasteiger partial charge in [0.25, 0.3) is 5.69 Å². The van der Waals surface area contributed by atoms with E-state index in [0.717, 1.165) is 0 Å². The number of allylic oxidation sites excluding steroid dienone is 1. The van der Waals surface area contributed by atoms with Crippen LogP contribution in [0.15, 0.2) is 36.9 Å². The molecule has 0 aliphatic heterocycles. The lowest BCUT2D eigenvalue weighted by molar-refractivity contribution is -0.384. The number of nitro groups is 1.